The van der Waals surface area contributed by atoms with Gasteiger partial charge in [0, 0.05) is 37.6 Å². The first kappa shape index (κ1) is 26.3. The zero-order valence-corrected chi connectivity index (χ0v) is 22.5. The van der Waals surface area contributed by atoms with Crippen LogP contribution < -0.4 is 9.80 Å². The molecule has 0 radical (unpaired) electrons. The van der Waals surface area contributed by atoms with Crippen LogP contribution in [0.4, 0.5) is 16.3 Å². The lowest BCUT2D eigenvalue weighted by Crippen LogP contribution is -2.57. The molecule has 10 nitrogen and oxygen atoms in total. The first-order valence-electron chi connectivity index (χ1n) is 13.4. The Labute approximate surface area is 236 Å². The molecule has 0 aliphatic carbocycles. The van der Waals surface area contributed by atoms with Crippen LogP contribution in [0.25, 0.3) is 11.1 Å². The molecule has 2 aliphatic rings. The van der Waals surface area contributed by atoms with Gasteiger partial charge in [-0.1, -0.05) is 42.5 Å². The van der Waals surface area contributed by atoms with Crippen LogP contribution in [-0.2, 0) is 11.3 Å². The minimum absolute atomic E-state index is 0.0182. The van der Waals surface area contributed by atoms with E-state index in [1.807, 2.05) is 49.4 Å². The summed E-state index contributed by atoms with van der Waals surface area (Å²) in [6, 6.07) is 18.8. The van der Waals surface area contributed by atoms with Gasteiger partial charge in [0.05, 0.1) is 16.9 Å². The second-order valence-corrected chi connectivity index (χ2v) is 10.3. The van der Waals surface area contributed by atoms with Crippen LogP contribution in [0.2, 0.25) is 0 Å². The molecule has 0 atom stereocenters. The average molecular weight is 549 g/mol. The number of aromatic carboxylic acids is 1. The summed E-state index contributed by atoms with van der Waals surface area (Å²) in [5.74, 6) is -1.22. The second kappa shape index (κ2) is 10.5. The summed E-state index contributed by atoms with van der Waals surface area (Å²) in [6.07, 6.45) is 5.42. The van der Waals surface area contributed by atoms with Crippen LogP contribution in [0.1, 0.15) is 34.5 Å². The predicted molar refractivity (Wildman–Crippen MR) is 152 cm³/mol. The predicted octanol–water partition coefficient (Wildman–Crippen LogP) is 4.55. The Morgan fingerprint density at radius 3 is 2.41 bits per heavy atom. The number of carboxylic acids is 1. The number of carboxylic acid groups (broad SMARTS) is 1. The summed E-state index contributed by atoms with van der Waals surface area (Å²) in [5, 5.41) is 9.76. The molecule has 3 amide bonds. The molecule has 2 saturated heterocycles. The van der Waals surface area contributed by atoms with Gasteiger partial charge in [0.1, 0.15) is 17.7 Å². The van der Waals surface area contributed by atoms with Crippen molar-refractivity contribution >= 4 is 29.4 Å². The average Bonchev–Trinajstić information content (AvgIpc) is 3.20. The largest absolute Gasteiger partial charge is 0.478 e. The van der Waals surface area contributed by atoms with Gasteiger partial charge in [0.2, 0.25) is 0 Å². The summed E-state index contributed by atoms with van der Waals surface area (Å²) < 4.78 is 0. The summed E-state index contributed by atoms with van der Waals surface area (Å²) in [7, 11) is 0. The molecule has 2 aliphatic heterocycles. The zero-order chi connectivity index (χ0) is 28.6. The van der Waals surface area contributed by atoms with Crippen molar-refractivity contribution in [3.05, 3.63) is 102 Å². The van der Waals surface area contributed by atoms with Crippen molar-refractivity contribution in [1.82, 2.24) is 19.9 Å². The van der Waals surface area contributed by atoms with Crippen LogP contribution in [0.15, 0.2) is 85.5 Å². The van der Waals surface area contributed by atoms with Gasteiger partial charge in [-0.2, -0.15) is 0 Å². The molecule has 2 aromatic heterocycles. The molecule has 41 heavy (non-hydrogen) atoms. The van der Waals surface area contributed by atoms with E-state index in [2.05, 4.69) is 19.9 Å². The molecule has 2 fully saturated rings. The number of benzene rings is 2. The van der Waals surface area contributed by atoms with E-state index in [0.717, 1.165) is 21.7 Å². The quantitative estimate of drug-likeness (QED) is 0.349. The van der Waals surface area contributed by atoms with Gasteiger partial charge in [0.25, 0.3) is 5.91 Å². The van der Waals surface area contributed by atoms with Crippen LogP contribution in [0.5, 0.6) is 0 Å². The number of imide groups is 1. The molecule has 4 heterocycles. The fourth-order valence-electron chi connectivity index (χ4n) is 5.75. The van der Waals surface area contributed by atoms with Crippen LogP contribution in [0, 0.1) is 6.92 Å². The van der Waals surface area contributed by atoms with E-state index in [4.69, 9.17) is 0 Å². The fourth-order valence-corrected chi connectivity index (χ4v) is 5.75. The Morgan fingerprint density at radius 1 is 0.951 bits per heavy atom. The third-order valence-electron chi connectivity index (χ3n) is 7.95. The maximum atomic E-state index is 14.5. The number of piperidine rings is 1. The topological polar surface area (TPSA) is 120 Å². The van der Waals surface area contributed by atoms with E-state index < -0.39 is 23.4 Å². The third kappa shape index (κ3) is 4.62. The molecule has 0 saturated carbocycles. The van der Waals surface area contributed by atoms with Crippen LogP contribution >= 0.6 is 0 Å². The Kier molecular flexibility index (Phi) is 6.76. The fraction of sp³-hybridized carbons (Fsp3) is 0.226. The number of urea groups is 1. The first-order valence-corrected chi connectivity index (χ1v) is 13.4. The van der Waals surface area contributed by atoms with Crippen molar-refractivity contribution in [3.63, 3.8) is 0 Å². The number of rotatable bonds is 6. The number of aromatic nitrogens is 3. The summed E-state index contributed by atoms with van der Waals surface area (Å²) in [4.78, 5) is 58.4. The van der Waals surface area contributed by atoms with Gasteiger partial charge < -0.3 is 5.11 Å². The number of amides is 3. The maximum absolute atomic E-state index is 14.5. The smallest absolute Gasteiger partial charge is 0.338 e. The van der Waals surface area contributed by atoms with Crippen molar-refractivity contribution in [2.45, 2.75) is 31.8 Å². The van der Waals surface area contributed by atoms with Crippen LogP contribution in [-0.4, -0.2) is 61.5 Å². The van der Waals surface area contributed by atoms with E-state index in [-0.39, 0.29) is 11.3 Å². The highest BCUT2D eigenvalue weighted by molar-refractivity contribution is 6.31. The standard InChI is InChI=1S/C31H28N6O4/c1-21-6-5-14-33-25(21)19-35-16-12-31(13-17-35)29(40)36(30(41)37(31)27-11-15-32-20-34-27)26-18-23(28(38)39)9-10-24(26)22-7-3-2-4-8-22/h2-11,14-15,18,20H,12-13,16-17,19H2,1H3,(H,38,39). The Bertz CT molecular complexity index is 1620. The number of hydrogen-bond acceptors (Lipinski definition) is 7. The highest BCUT2D eigenvalue weighted by atomic mass is 16.4. The highest BCUT2D eigenvalue weighted by Gasteiger charge is 2.60. The highest BCUT2D eigenvalue weighted by Crippen LogP contribution is 2.44. The van der Waals surface area contributed by atoms with E-state index in [1.165, 1.54) is 29.6 Å². The number of anilines is 2. The summed E-state index contributed by atoms with van der Waals surface area (Å²) >= 11 is 0. The van der Waals surface area contributed by atoms with Crippen molar-refractivity contribution in [3.8, 4) is 11.1 Å². The molecule has 0 bridgehead atoms. The summed E-state index contributed by atoms with van der Waals surface area (Å²) in [6.45, 7) is 3.79. The lowest BCUT2D eigenvalue weighted by atomic mass is 9.85. The monoisotopic (exact) mass is 548 g/mol. The van der Waals surface area contributed by atoms with E-state index in [9.17, 15) is 19.5 Å². The van der Waals surface area contributed by atoms with E-state index >= 15 is 0 Å². The molecule has 4 aromatic rings. The van der Waals surface area contributed by atoms with Gasteiger partial charge in [-0.15, -0.1) is 0 Å². The zero-order valence-electron chi connectivity index (χ0n) is 22.5. The maximum Gasteiger partial charge on any atom is 0.338 e. The van der Waals surface area contributed by atoms with Crippen molar-refractivity contribution in [2.24, 2.45) is 0 Å². The number of likely N-dealkylation sites (tertiary alicyclic amines) is 1. The van der Waals surface area contributed by atoms with Crippen molar-refractivity contribution in [2.75, 3.05) is 22.9 Å². The van der Waals surface area contributed by atoms with Gasteiger partial charge in [-0.25, -0.2) is 24.5 Å². The molecule has 6 rings (SSSR count). The lowest BCUT2D eigenvalue weighted by Gasteiger charge is -2.41. The number of hydrogen-bond donors (Lipinski definition) is 1. The van der Waals surface area contributed by atoms with Crippen molar-refractivity contribution in [1.29, 1.82) is 0 Å². The number of carbonyl (C=O) groups excluding carboxylic acids is 2. The Morgan fingerprint density at radius 2 is 1.73 bits per heavy atom. The molecule has 2 aromatic carbocycles. The second-order valence-electron chi connectivity index (χ2n) is 10.3. The van der Waals surface area contributed by atoms with Gasteiger partial charge >= 0.3 is 12.0 Å². The Hall–Kier alpha value is -4.96. The SMILES string of the molecule is Cc1cccnc1CN1CCC2(CC1)C(=O)N(c1cc(C(=O)O)ccc1-c1ccccc1)C(=O)N2c1ccncn1. The number of nitrogens with zero attached hydrogens (tertiary/aromatic N) is 6. The van der Waals surface area contributed by atoms with Gasteiger partial charge in [-0.05, 0) is 55.2 Å². The Balaban J connectivity index is 1.42. The summed E-state index contributed by atoms with van der Waals surface area (Å²) in [5.41, 5.74) is 2.44. The minimum atomic E-state index is -1.19. The van der Waals surface area contributed by atoms with Gasteiger partial charge in [0.15, 0.2) is 0 Å². The van der Waals surface area contributed by atoms with Crippen LogP contribution in [0.3, 0.4) is 0 Å². The van der Waals surface area contributed by atoms with E-state index in [1.54, 1.807) is 18.3 Å². The van der Waals surface area contributed by atoms with E-state index in [0.29, 0.717) is 43.9 Å². The molecule has 10 heteroatoms. The number of aryl methyl sites for hydroxylation is 1. The number of carbonyl (C=O) groups is 3. The lowest BCUT2D eigenvalue weighted by molar-refractivity contribution is -0.123. The molecule has 1 N–H and O–H groups in total. The third-order valence-corrected chi connectivity index (χ3v) is 7.95. The normalized spacial score (nSPS) is 16.9. The number of pyridine rings is 1. The molecule has 206 valence electrons. The first-order chi connectivity index (χ1) is 19.9. The molecular weight excluding hydrogens is 520 g/mol. The molecular formula is C31H28N6O4. The molecule has 0 unspecified atom stereocenters. The van der Waals surface area contributed by atoms with Gasteiger partial charge in [-0.3, -0.25) is 19.6 Å². The van der Waals surface area contributed by atoms with Crippen molar-refractivity contribution < 1.29 is 19.5 Å². The molecule has 1 spiro atoms. The minimum Gasteiger partial charge on any atom is -0.478 e.